The first-order valence-electron chi connectivity index (χ1n) is 6.11. The molecular weight excluding hydrogens is 206 g/mol. The van der Waals surface area contributed by atoms with Gasteiger partial charge in [0.1, 0.15) is 0 Å². The zero-order valence-electron chi connectivity index (χ0n) is 9.87. The molecule has 0 aromatic carbocycles. The molecule has 0 aromatic rings. The van der Waals surface area contributed by atoms with Gasteiger partial charge in [0.15, 0.2) is 0 Å². The molecule has 1 rings (SSSR count). The van der Waals surface area contributed by atoms with Crippen molar-refractivity contribution in [3.8, 4) is 0 Å². The Balaban J connectivity index is 2.34. The molecule has 0 unspecified atom stereocenters. The number of hydrogen-bond acceptors (Lipinski definition) is 2. The van der Waals surface area contributed by atoms with E-state index in [1.54, 1.807) is 6.92 Å². The SMILES string of the molecule is C[C@H](CC(=O)O)NC(=O)C1CCCCCC1. The third-order valence-corrected chi connectivity index (χ3v) is 3.10. The Kier molecular flexibility index (Phi) is 5.29. The van der Waals surface area contributed by atoms with Gasteiger partial charge in [0.2, 0.25) is 5.91 Å². The average molecular weight is 227 g/mol. The Labute approximate surface area is 96.4 Å². The molecule has 92 valence electrons. The summed E-state index contributed by atoms with van der Waals surface area (Å²) in [4.78, 5) is 22.3. The molecule has 2 N–H and O–H groups in total. The van der Waals surface area contributed by atoms with Crippen LogP contribution in [0, 0.1) is 5.92 Å². The maximum Gasteiger partial charge on any atom is 0.305 e. The van der Waals surface area contributed by atoms with Crippen LogP contribution < -0.4 is 5.32 Å². The van der Waals surface area contributed by atoms with Gasteiger partial charge in [0.25, 0.3) is 0 Å². The van der Waals surface area contributed by atoms with Crippen molar-refractivity contribution >= 4 is 11.9 Å². The molecule has 0 saturated heterocycles. The van der Waals surface area contributed by atoms with Crippen LogP contribution in [0.5, 0.6) is 0 Å². The van der Waals surface area contributed by atoms with Crippen molar-refractivity contribution in [2.24, 2.45) is 5.92 Å². The predicted molar refractivity (Wildman–Crippen MR) is 61.0 cm³/mol. The standard InChI is InChI=1S/C12H21NO3/c1-9(8-11(14)15)13-12(16)10-6-4-2-3-5-7-10/h9-10H,2-8H2,1H3,(H,13,16)(H,14,15)/t9-/m1/s1. The van der Waals surface area contributed by atoms with Crippen LogP contribution in [-0.4, -0.2) is 23.0 Å². The zero-order chi connectivity index (χ0) is 12.0. The molecule has 1 fully saturated rings. The highest BCUT2D eigenvalue weighted by atomic mass is 16.4. The van der Waals surface area contributed by atoms with Crippen LogP contribution in [0.25, 0.3) is 0 Å². The summed E-state index contributed by atoms with van der Waals surface area (Å²) < 4.78 is 0. The number of amides is 1. The highest BCUT2D eigenvalue weighted by Gasteiger charge is 2.21. The van der Waals surface area contributed by atoms with E-state index in [0.29, 0.717) is 0 Å². The Morgan fingerprint density at radius 1 is 1.25 bits per heavy atom. The third-order valence-electron chi connectivity index (χ3n) is 3.10. The van der Waals surface area contributed by atoms with E-state index >= 15 is 0 Å². The number of carboxylic acids is 1. The maximum absolute atomic E-state index is 11.8. The third kappa shape index (κ3) is 4.64. The summed E-state index contributed by atoms with van der Waals surface area (Å²) in [5.74, 6) is -0.733. The quantitative estimate of drug-likeness (QED) is 0.721. The molecule has 1 aliphatic rings. The molecule has 4 heteroatoms. The Morgan fingerprint density at radius 3 is 2.31 bits per heavy atom. The fourth-order valence-corrected chi connectivity index (χ4v) is 2.22. The van der Waals surface area contributed by atoms with Crippen LogP contribution in [0.2, 0.25) is 0 Å². The van der Waals surface area contributed by atoms with Crippen molar-refractivity contribution in [2.75, 3.05) is 0 Å². The first-order valence-corrected chi connectivity index (χ1v) is 6.11. The van der Waals surface area contributed by atoms with Gasteiger partial charge in [0, 0.05) is 12.0 Å². The van der Waals surface area contributed by atoms with E-state index in [4.69, 9.17) is 5.11 Å². The van der Waals surface area contributed by atoms with Gasteiger partial charge in [-0.3, -0.25) is 9.59 Å². The zero-order valence-corrected chi connectivity index (χ0v) is 9.87. The Bertz CT molecular complexity index is 245. The van der Waals surface area contributed by atoms with E-state index in [0.717, 1.165) is 25.7 Å². The smallest absolute Gasteiger partial charge is 0.305 e. The molecule has 0 aliphatic heterocycles. The van der Waals surface area contributed by atoms with E-state index in [1.165, 1.54) is 12.8 Å². The largest absolute Gasteiger partial charge is 0.481 e. The Morgan fingerprint density at radius 2 is 1.81 bits per heavy atom. The number of carbonyl (C=O) groups is 2. The lowest BCUT2D eigenvalue weighted by Crippen LogP contribution is -2.38. The fourth-order valence-electron chi connectivity index (χ4n) is 2.22. The molecule has 0 aromatic heterocycles. The lowest BCUT2D eigenvalue weighted by atomic mass is 9.99. The van der Waals surface area contributed by atoms with Gasteiger partial charge in [-0.15, -0.1) is 0 Å². The highest BCUT2D eigenvalue weighted by molar-refractivity contribution is 5.79. The molecule has 1 aliphatic carbocycles. The average Bonchev–Trinajstić information content (AvgIpc) is 2.43. The number of aliphatic carboxylic acids is 1. The van der Waals surface area contributed by atoms with Gasteiger partial charge in [-0.1, -0.05) is 25.7 Å². The second-order valence-corrected chi connectivity index (χ2v) is 4.70. The van der Waals surface area contributed by atoms with Crippen LogP contribution >= 0.6 is 0 Å². The molecular formula is C12H21NO3. The molecule has 1 amide bonds. The van der Waals surface area contributed by atoms with E-state index < -0.39 is 5.97 Å². The molecule has 16 heavy (non-hydrogen) atoms. The molecule has 0 bridgehead atoms. The molecule has 1 saturated carbocycles. The van der Waals surface area contributed by atoms with Crippen LogP contribution in [0.1, 0.15) is 51.9 Å². The van der Waals surface area contributed by atoms with Crippen LogP contribution in [0.15, 0.2) is 0 Å². The summed E-state index contributed by atoms with van der Waals surface area (Å²) in [6, 6.07) is -0.270. The second kappa shape index (κ2) is 6.51. The van der Waals surface area contributed by atoms with E-state index in [-0.39, 0.29) is 24.3 Å². The maximum atomic E-state index is 11.8. The van der Waals surface area contributed by atoms with Gasteiger partial charge in [-0.05, 0) is 19.8 Å². The van der Waals surface area contributed by atoms with Crippen molar-refractivity contribution in [3.05, 3.63) is 0 Å². The van der Waals surface area contributed by atoms with Gasteiger partial charge in [-0.25, -0.2) is 0 Å². The van der Waals surface area contributed by atoms with E-state index in [1.807, 2.05) is 0 Å². The summed E-state index contributed by atoms with van der Waals surface area (Å²) in [6.07, 6.45) is 6.56. The number of carbonyl (C=O) groups excluding carboxylic acids is 1. The lowest BCUT2D eigenvalue weighted by Gasteiger charge is -2.17. The second-order valence-electron chi connectivity index (χ2n) is 4.70. The van der Waals surface area contributed by atoms with Crippen molar-refractivity contribution < 1.29 is 14.7 Å². The molecule has 0 spiro atoms. The number of carboxylic acid groups (broad SMARTS) is 1. The minimum atomic E-state index is -0.867. The minimum Gasteiger partial charge on any atom is -0.481 e. The van der Waals surface area contributed by atoms with Gasteiger partial charge in [-0.2, -0.15) is 0 Å². The molecule has 1 atom stereocenters. The molecule has 0 heterocycles. The fraction of sp³-hybridized carbons (Fsp3) is 0.833. The first-order chi connectivity index (χ1) is 7.59. The molecule has 0 radical (unpaired) electrons. The van der Waals surface area contributed by atoms with Crippen molar-refractivity contribution in [1.82, 2.24) is 5.32 Å². The van der Waals surface area contributed by atoms with Gasteiger partial charge in [0.05, 0.1) is 6.42 Å². The number of rotatable bonds is 4. The molecule has 4 nitrogen and oxygen atoms in total. The van der Waals surface area contributed by atoms with Gasteiger partial charge >= 0.3 is 5.97 Å². The van der Waals surface area contributed by atoms with Crippen molar-refractivity contribution in [1.29, 1.82) is 0 Å². The summed E-state index contributed by atoms with van der Waals surface area (Å²) in [5, 5.41) is 11.4. The minimum absolute atomic E-state index is 0.00153. The van der Waals surface area contributed by atoms with Crippen LogP contribution in [0.3, 0.4) is 0 Å². The summed E-state index contributed by atoms with van der Waals surface area (Å²) in [6.45, 7) is 1.74. The van der Waals surface area contributed by atoms with Crippen LogP contribution in [-0.2, 0) is 9.59 Å². The monoisotopic (exact) mass is 227 g/mol. The lowest BCUT2D eigenvalue weighted by molar-refractivity contribution is -0.137. The predicted octanol–water partition coefficient (Wildman–Crippen LogP) is 1.94. The van der Waals surface area contributed by atoms with Crippen molar-refractivity contribution in [3.63, 3.8) is 0 Å². The summed E-state index contributed by atoms with van der Waals surface area (Å²) in [5.41, 5.74) is 0. The van der Waals surface area contributed by atoms with Crippen LogP contribution in [0.4, 0.5) is 0 Å². The summed E-state index contributed by atoms with van der Waals surface area (Å²) >= 11 is 0. The first kappa shape index (κ1) is 13.0. The van der Waals surface area contributed by atoms with Crippen molar-refractivity contribution in [2.45, 2.75) is 57.9 Å². The normalized spacial score (nSPS) is 19.8. The Hall–Kier alpha value is -1.06. The topological polar surface area (TPSA) is 66.4 Å². The number of nitrogens with one attached hydrogen (secondary N) is 1. The van der Waals surface area contributed by atoms with E-state index in [2.05, 4.69) is 5.32 Å². The van der Waals surface area contributed by atoms with E-state index in [9.17, 15) is 9.59 Å². The summed E-state index contributed by atoms with van der Waals surface area (Å²) in [7, 11) is 0. The van der Waals surface area contributed by atoms with Gasteiger partial charge < -0.3 is 10.4 Å². The highest BCUT2D eigenvalue weighted by Crippen LogP contribution is 2.22. The number of hydrogen-bond donors (Lipinski definition) is 2.